The van der Waals surface area contributed by atoms with E-state index in [2.05, 4.69) is 10.6 Å². The van der Waals surface area contributed by atoms with Gasteiger partial charge in [0.05, 0.1) is 19.3 Å². The molecule has 15 heavy (non-hydrogen) atoms. The minimum Gasteiger partial charge on any atom is -0.355 e. The highest BCUT2D eigenvalue weighted by molar-refractivity contribution is 5.72. The van der Waals surface area contributed by atoms with Gasteiger partial charge in [0.1, 0.15) is 0 Å². The summed E-state index contributed by atoms with van der Waals surface area (Å²) in [5, 5.41) is 5.97. The fourth-order valence-corrected chi connectivity index (χ4v) is 1.33. The van der Waals surface area contributed by atoms with Gasteiger partial charge >= 0.3 is 0 Å². The predicted octanol–water partition coefficient (Wildman–Crippen LogP) is -0.136. The lowest BCUT2D eigenvalue weighted by Gasteiger charge is -2.35. The molecule has 0 saturated carbocycles. The van der Waals surface area contributed by atoms with E-state index in [1.807, 2.05) is 13.8 Å². The summed E-state index contributed by atoms with van der Waals surface area (Å²) in [6.07, 6.45) is 0. The van der Waals surface area contributed by atoms with Gasteiger partial charge in [0.2, 0.25) is 5.91 Å². The number of hydrogen-bond acceptors (Lipinski definition) is 4. The van der Waals surface area contributed by atoms with E-state index >= 15 is 0 Å². The van der Waals surface area contributed by atoms with E-state index in [0.29, 0.717) is 19.8 Å². The summed E-state index contributed by atoms with van der Waals surface area (Å²) < 4.78 is 11.0. The Kier molecular flexibility index (Phi) is 4.50. The van der Waals surface area contributed by atoms with Crippen LogP contribution in [0.15, 0.2) is 0 Å². The highest BCUT2D eigenvalue weighted by Gasteiger charge is 2.27. The summed E-state index contributed by atoms with van der Waals surface area (Å²) in [4.78, 5) is 10.6. The zero-order valence-corrected chi connectivity index (χ0v) is 9.63. The van der Waals surface area contributed by atoms with E-state index in [4.69, 9.17) is 9.47 Å². The molecule has 5 nitrogen and oxygen atoms in total. The van der Waals surface area contributed by atoms with Crippen LogP contribution in [0.1, 0.15) is 20.8 Å². The van der Waals surface area contributed by atoms with Crippen LogP contribution in [0.25, 0.3) is 0 Å². The molecule has 2 N–H and O–H groups in total. The maximum atomic E-state index is 10.6. The van der Waals surface area contributed by atoms with Gasteiger partial charge in [-0.3, -0.25) is 4.79 Å². The first-order valence-electron chi connectivity index (χ1n) is 5.25. The SMILES string of the molecule is CC(=O)NCCNC1COC(C)(C)OC1. The standard InChI is InChI=1S/C10H20N2O3/c1-8(13)11-4-5-12-9-6-14-10(2,3)15-7-9/h9,12H,4-7H2,1-3H3,(H,11,13). The molecule has 1 amide bonds. The van der Waals surface area contributed by atoms with Crippen LogP contribution in [-0.2, 0) is 14.3 Å². The highest BCUT2D eigenvalue weighted by Crippen LogP contribution is 2.16. The van der Waals surface area contributed by atoms with Crippen molar-refractivity contribution in [1.82, 2.24) is 10.6 Å². The molecule has 0 spiro atoms. The number of hydrogen-bond donors (Lipinski definition) is 2. The molecule has 0 bridgehead atoms. The van der Waals surface area contributed by atoms with Gasteiger partial charge in [-0.25, -0.2) is 0 Å². The van der Waals surface area contributed by atoms with Gasteiger partial charge in [-0.05, 0) is 13.8 Å². The van der Waals surface area contributed by atoms with Crippen molar-refractivity contribution in [1.29, 1.82) is 0 Å². The summed E-state index contributed by atoms with van der Waals surface area (Å²) in [5.74, 6) is -0.468. The molecule has 0 aromatic carbocycles. The molecule has 0 unspecified atom stereocenters. The van der Waals surface area contributed by atoms with Crippen LogP contribution in [0.5, 0.6) is 0 Å². The predicted molar refractivity (Wildman–Crippen MR) is 56.5 cm³/mol. The molecule has 1 aliphatic heterocycles. The van der Waals surface area contributed by atoms with Crippen molar-refractivity contribution in [3.63, 3.8) is 0 Å². The van der Waals surface area contributed by atoms with E-state index in [9.17, 15) is 4.79 Å². The Labute approximate surface area is 90.5 Å². The second kappa shape index (κ2) is 5.44. The van der Waals surface area contributed by atoms with Crippen LogP contribution < -0.4 is 10.6 Å². The summed E-state index contributed by atoms with van der Waals surface area (Å²) in [6.45, 7) is 7.98. The van der Waals surface area contributed by atoms with Gasteiger partial charge in [0, 0.05) is 20.0 Å². The smallest absolute Gasteiger partial charge is 0.216 e. The third-order valence-corrected chi connectivity index (χ3v) is 2.20. The topological polar surface area (TPSA) is 59.6 Å². The van der Waals surface area contributed by atoms with Crippen molar-refractivity contribution in [3.05, 3.63) is 0 Å². The van der Waals surface area contributed by atoms with Crippen LogP contribution in [-0.4, -0.2) is 44.0 Å². The van der Waals surface area contributed by atoms with Gasteiger partial charge in [0.15, 0.2) is 5.79 Å². The first-order chi connectivity index (χ1) is 6.99. The quantitative estimate of drug-likeness (QED) is 0.642. The zero-order valence-electron chi connectivity index (χ0n) is 9.63. The number of nitrogens with one attached hydrogen (secondary N) is 2. The molecule has 1 fully saturated rings. The number of amides is 1. The maximum absolute atomic E-state index is 10.6. The Bertz CT molecular complexity index is 209. The van der Waals surface area contributed by atoms with E-state index in [1.165, 1.54) is 6.92 Å². The summed E-state index contributed by atoms with van der Waals surface area (Å²) in [6, 6.07) is 0.215. The average molecular weight is 216 g/mol. The Balaban J connectivity index is 2.06. The van der Waals surface area contributed by atoms with E-state index in [1.54, 1.807) is 0 Å². The second-order valence-electron chi connectivity index (χ2n) is 4.16. The molecule has 0 aromatic rings. The Morgan fingerprint density at radius 2 is 1.93 bits per heavy atom. The minimum atomic E-state index is -0.462. The van der Waals surface area contributed by atoms with Crippen molar-refractivity contribution in [2.45, 2.75) is 32.6 Å². The first-order valence-corrected chi connectivity index (χ1v) is 5.25. The van der Waals surface area contributed by atoms with Gasteiger partial charge in [0.25, 0.3) is 0 Å². The molecule has 88 valence electrons. The molecule has 1 heterocycles. The first kappa shape index (κ1) is 12.4. The molecular formula is C10H20N2O3. The summed E-state index contributed by atoms with van der Waals surface area (Å²) in [5.41, 5.74) is 0. The fourth-order valence-electron chi connectivity index (χ4n) is 1.33. The minimum absolute atomic E-state index is 0.00548. The number of carbonyl (C=O) groups excluding carboxylic acids is 1. The van der Waals surface area contributed by atoms with Crippen molar-refractivity contribution >= 4 is 5.91 Å². The largest absolute Gasteiger partial charge is 0.355 e. The van der Waals surface area contributed by atoms with E-state index in [-0.39, 0.29) is 11.9 Å². The monoisotopic (exact) mass is 216 g/mol. The third-order valence-electron chi connectivity index (χ3n) is 2.20. The van der Waals surface area contributed by atoms with Crippen molar-refractivity contribution in [2.75, 3.05) is 26.3 Å². The Morgan fingerprint density at radius 3 is 2.47 bits per heavy atom. The molecule has 1 aliphatic rings. The molecule has 0 radical (unpaired) electrons. The average Bonchev–Trinajstić information content (AvgIpc) is 2.14. The van der Waals surface area contributed by atoms with Crippen LogP contribution in [0, 0.1) is 0 Å². The van der Waals surface area contributed by atoms with Gasteiger partial charge in [-0.15, -0.1) is 0 Å². The molecule has 5 heteroatoms. The van der Waals surface area contributed by atoms with Gasteiger partial charge in [-0.2, -0.15) is 0 Å². The third kappa shape index (κ3) is 5.11. The van der Waals surface area contributed by atoms with Gasteiger partial charge in [-0.1, -0.05) is 0 Å². The van der Waals surface area contributed by atoms with Crippen LogP contribution >= 0.6 is 0 Å². The molecule has 0 aromatic heterocycles. The summed E-state index contributed by atoms with van der Waals surface area (Å²) >= 11 is 0. The van der Waals surface area contributed by atoms with Crippen LogP contribution in [0.2, 0.25) is 0 Å². The second-order valence-corrected chi connectivity index (χ2v) is 4.16. The highest BCUT2D eigenvalue weighted by atomic mass is 16.7. The Hall–Kier alpha value is -0.650. The lowest BCUT2D eigenvalue weighted by atomic mass is 10.2. The Morgan fingerprint density at radius 1 is 1.33 bits per heavy atom. The van der Waals surface area contributed by atoms with E-state index < -0.39 is 5.79 Å². The van der Waals surface area contributed by atoms with Crippen molar-refractivity contribution in [2.24, 2.45) is 0 Å². The van der Waals surface area contributed by atoms with Crippen LogP contribution in [0.4, 0.5) is 0 Å². The number of rotatable bonds is 4. The molecule has 1 saturated heterocycles. The summed E-state index contributed by atoms with van der Waals surface area (Å²) in [7, 11) is 0. The number of ether oxygens (including phenoxy) is 2. The lowest BCUT2D eigenvalue weighted by Crippen LogP contribution is -2.49. The van der Waals surface area contributed by atoms with Crippen LogP contribution in [0.3, 0.4) is 0 Å². The molecular weight excluding hydrogens is 196 g/mol. The maximum Gasteiger partial charge on any atom is 0.216 e. The van der Waals surface area contributed by atoms with Crippen molar-refractivity contribution < 1.29 is 14.3 Å². The van der Waals surface area contributed by atoms with E-state index in [0.717, 1.165) is 6.54 Å². The number of carbonyl (C=O) groups is 1. The molecule has 1 rings (SSSR count). The zero-order chi connectivity index (χ0) is 11.3. The van der Waals surface area contributed by atoms with Gasteiger partial charge < -0.3 is 20.1 Å². The van der Waals surface area contributed by atoms with Crippen molar-refractivity contribution in [3.8, 4) is 0 Å². The molecule has 0 atom stereocenters. The molecule has 0 aliphatic carbocycles. The lowest BCUT2D eigenvalue weighted by molar-refractivity contribution is -0.252. The normalized spacial score (nSPS) is 21.3. The fraction of sp³-hybridized carbons (Fsp3) is 0.900.